The molecule has 1 aliphatic rings. The van der Waals surface area contributed by atoms with E-state index in [1.165, 1.54) is 24.3 Å². The molecule has 21 heavy (non-hydrogen) atoms. The number of nitriles is 1. The fraction of sp³-hybridized carbons (Fsp3) is 0.231. The highest BCUT2D eigenvalue weighted by Gasteiger charge is 2.32. The van der Waals surface area contributed by atoms with Gasteiger partial charge in [0.1, 0.15) is 11.8 Å². The first-order chi connectivity index (χ1) is 9.95. The van der Waals surface area contributed by atoms with Gasteiger partial charge in [-0.05, 0) is 25.0 Å². The van der Waals surface area contributed by atoms with E-state index in [1.54, 1.807) is 6.07 Å². The fourth-order valence-corrected chi connectivity index (χ4v) is 1.95. The van der Waals surface area contributed by atoms with Crippen LogP contribution in [-0.4, -0.2) is 15.9 Å². The highest BCUT2D eigenvalue weighted by Crippen LogP contribution is 2.37. The Labute approximate surface area is 125 Å². The number of aliphatic hydroxyl groups is 1. The van der Waals surface area contributed by atoms with Crippen molar-refractivity contribution < 1.29 is 14.8 Å². The molecule has 1 aliphatic carbocycles. The van der Waals surface area contributed by atoms with Crippen molar-refractivity contribution >= 4 is 30.1 Å². The maximum Gasteiger partial charge on any atom is 0.282 e. The number of allylic oxidation sites excluding steroid dienone is 1. The van der Waals surface area contributed by atoms with Gasteiger partial charge in [-0.3, -0.25) is 19.2 Å². The Kier molecular flexibility index (Phi) is 4.14. The maximum absolute atomic E-state index is 12.1. The average Bonchev–Trinajstić information content (AvgIpc) is 3.31. The summed E-state index contributed by atoms with van der Waals surface area (Å²) in [6, 6.07) is 6.81. The number of thiol groups is 1. The Morgan fingerprint density at radius 2 is 2.00 bits per heavy atom. The Morgan fingerprint density at radius 1 is 1.43 bits per heavy atom. The first kappa shape index (κ1) is 14.9. The number of non-ortho nitro benzene ring substituents is 1. The summed E-state index contributed by atoms with van der Waals surface area (Å²) < 4.78 is 0.876. The van der Waals surface area contributed by atoms with Gasteiger partial charge in [-0.2, -0.15) is 5.26 Å². The van der Waals surface area contributed by atoms with E-state index in [9.17, 15) is 20.0 Å². The maximum atomic E-state index is 12.1. The second-order valence-electron chi connectivity index (χ2n) is 4.54. The molecule has 1 fully saturated rings. The van der Waals surface area contributed by atoms with Crippen molar-refractivity contribution in [3.8, 4) is 6.07 Å². The number of aliphatic hydroxyl groups excluding tert-OH is 1. The first-order valence-corrected chi connectivity index (χ1v) is 6.46. The Hall–Kier alpha value is -2.53. The molecule has 1 saturated carbocycles. The van der Waals surface area contributed by atoms with Crippen molar-refractivity contribution in [2.24, 2.45) is 5.92 Å². The van der Waals surface area contributed by atoms with Crippen molar-refractivity contribution in [1.82, 2.24) is 0 Å². The summed E-state index contributed by atoms with van der Waals surface area (Å²) in [5, 5.41) is 29.4. The van der Waals surface area contributed by atoms with Gasteiger partial charge in [0, 0.05) is 18.1 Å². The zero-order valence-corrected chi connectivity index (χ0v) is 11.7. The monoisotopic (exact) mass is 305 g/mol. The molecule has 0 spiro atoms. The lowest BCUT2D eigenvalue weighted by Gasteiger charge is -2.15. The van der Waals surface area contributed by atoms with Crippen LogP contribution in [0, 0.1) is 27.4 Å². The number of rotatable bonds is 4. The number of anilines is 1. The summed E-state index contributed by atoms with van der Waals surface area (Å²) in [6.07, 6.45) is 1.49. The molecule has 0 atom stereocenters. The highest BCUT2D eigenvalue weighted by atomic mass is 32.1. The molecular formula is C13H11N3O4S. The zero-order chi connectivity index (χ0) is 15.6. The molecule has 1 amide bonds. The molecule has 0 unspecified atom stereocenters. The van der Waals surface area contributed by atoms with Gasteiger partial charge in [0.2, 0.25) is 0 Å². The molecule has 0 aromatic heterocycles. The molecule has 0 radical (unpaired) electrons. The van der Waals surface area contributed by atoms with E-state index in [0.29, 0.717) is 0 Å². The fourth-order valence-electron chi connectivity index (χ4n) is 1.71. The minimum absolute atomic E-state index is 0.121. The van der Waals surface area contributed by atoms with E-state index in [4.69, 9.17) is 5.26 Å². The molecule has 1 N–H and O–H groups in total. The molecule has 1 aromatic rings. The van der Waals surface area contributed by atoms with Crippen LogP contribution in [-0.2, 0) is 4.79 Å². The van der Waals surface area contributed by atoms with Crippen molar-refractivity contribution in [1.29, 1.82) is 5.26 Å². The summed E-state index contributed by atoms with van der Waals surface area (Å²) >= 11 is 3.99. The molecule has 7 nitrogen and oxygen atoms in total. The van der Waals surface area contributed by atoms with Gasteiger partial charge in [-0.1, -0.05) is 12.8 Å². The lowest BCUT2D eigenvalue weighted by atomic mass is 10.1. The van der Waals surface area contributed by atoms with Crippen molar-refractivity contribution in [3.05, 3.63) is 45.7 Å². The minimum Gasteiger partial charge on any atom is -0.510 e. The zero-order valence-electron chi connectivity index (χ0n) is 10.8. The molecule has 2 rings (SSSR count). The van der Waals surface area contributed by atoms with Crippen molar-refractivity contribution in [3.63, 3.8) is 0 Å². The number of hydrogen-bond donors (Lipinski definition) is 2. The van der Waals surface area contributed by atoms with Crippen LogP contribution in [0.2, 0.25) is 0 Å². The second kappa shape index (κ2) is 5.85. The van der Waals surface area contributed by atoms with E-state index >= 15 is 0 Å². The van der Waals surface area contributed by atoms with Crippen LogP contribution in [0.5, 0.6) is 0 Å². The van der Waals surface area contributed by atoms with Gasteiger partial charge in [-0.15, -0.1) is 0 Å². The van der Waals surface area contributed by atoms with Gasteiger partial charge >= 0.3 is 0 Å². The Morgan fingerprint density at radius 3 is 2.43 bits per heavy atom. The predicted molar refractivity (Wildman–Crippen MR) is 77.6 cm³/mol. The van der Waals surface area contributed by atoms with Crippen LogP contribution in [0.1, 0.15) is 12.8 Å². The summed E-state index contributed by atoms with van der Waals surface area (Å²) in [5.74, 6) is -1.12. The molecule has 0 aliphatic heterocycles. The number of nitro groups is 1. The number of carbonyl (C=O) groups excluding carboxylic acids is 1. The third kappa shape index (κ3) is 3.14. The van der Waals surface area contributed by atoms with E-state index in [2.05, 4.69) is 12.8 Å². The van der Waals surface area contributed by atoms with E-state index < -0.39 is 10.8 Å². The molecule has 0 heterocycles. The standard InChI is InChI=1S/C13H11N3O4S/c14-7-11(12(17)8-1-2-8)13(18)15(21)9-3-5-10(6-4-9)16(19)20/h3-6,8,17,21H,1-2H2. The minimum atomic E-state index is -0.765. The lowest BCUT2D eigenvalue weighted by molar-refractivity contribution is -0.384. The van der Waals surface area contributed by atoms with Crippen LogP contribution in [0.25, 0.3) is 0 Å². The van der Waals surface area contributed by atoms with E-state index in [1.807, 2.05) is 0 Å². The van der Waals surface area contributed by atoms with Gasteiger partial charge in [0.25, 0.3) is 11.6 Å². The van der Waals surface area contributed by atoms with Gasteiger partial charge in [0.15, 0.2) is 5.57 Å². The predicted octanol–water partition coefficient (Wildman–Crippen LogP) is 2.52. The van der Waals surface area contributed by atoms with Gasteiger partial charge < -0.3 is 5.11 Å². The molecule has 1 aromatic carbocycles. The van der Waals surface area contributed by atoms with E-state index in [-0.39, 0.29) is 28.6 Å². The topological polar surface area (TPSA) is 107 Å². The quantitative estimate of drug-likeness (QED) is 0.222. The lowest BCUT2D eigenvalue weighted by Crippen LogP contribution is -2.23. The molecule has 0 bridgehead atoms. The molecule has 8 heteroatoms. The molecule has 0 saturated heterocycles. The Bertz CT molecular complexity index is 659. The average molecular weight is 305 g/mol. The van der Waals surface area contributed by atoms with Crippen LogP contribution in [0.3, 0.4) is 0 Å². The van der Waals surface area contributed by atoms with Crippen molar-refractivity contribution in [2.75, 3.05) is 4.31 Å². The number of benzene rings is 1. The smallest absolute Gasteiger partial charge is 0.282 e. The number of nitro benzene ring substituents is 1. The van der Waals surface area contributed by atoms with Crippen LogP contribution in [0.15, 0.2) is 35.6 Å². The number of amides is 1. The summed E-state index contributed by atoms with van der Waals surface area (Å²) in [5.41, 5.74) is -0.207. The summed E-state index contributed by atoms with van der Waals surface area (Å²) in [6.45, 7) is 0. The highest BCUT2D eigenvalue weighted by molar-refractivity contribution is 7.82. The van der Waals surface area contributed by atoms with Gasteiger partial charge in [0.05, 0.1) is 10.6 Å². The van der Waals surface area contributed by atoms with Crippen LogP contribution in [0.4, 0.5) is 11.4 Å². The molecule has 108 valence electrons. The SMILES string of the molecule is N#CC(C(=O)N(S)c1ccc([N+](=O)[O-])cc1)=C(O)C1CC1. The Balaban J connectivity index is 2.24. The summed E-state index contributed by atoms with van der Waals surface area (Å²) in [7, 11) is 0. The van der Waals surface area contributed by atoms with Crippen molar-refractivity contribution in [2.45, 2.75) is 12.8 Å². The third-order valence-electron chi connectivity index (χ3n) is 3.04. The third-order valence-corrected chi connectivity index (χ3v) is 3.46. The second-order valence-corrected chi connectivity index (χ2v) is 4.94. The largest absolute Gasteiger partial charge is 0.510 e. The normalized spacial score (nSPS) is 14.9. The number of carbonyl (C=O) groups is 1. The first-order valence-electron chi connectivity index (χ1n) is 6.06. The number of nitrogens with zero attached hydrogens (tertiary/aromatic N) is 3. The van der Waals surface area contributed by atoms with Crippen LogP contribution < -0.4 is 4.31 Å². The van der Waals surface area contributed by atoms with Gasteiger partial charge in [-0.25, -0.2) is 0 Å². The molecular weight excluding hydrogens is 294 g/mol. The van der Waals surface area contributed by atoms with E-state index in [0.717, 1.165) is 17.1 Å². The number of hydrogen-bond acceptors (Lipinski definition) is 6. The summed E-state index contributed by atoms with van der Waals surface area (Å²) in [4.78, 5) is 22.1. The van der Waals surface area contributed by atoms with Crippen LogP contribution >= 0.6 is 12.8 Å².